The summed E-state index contributed by atoms with van der Waals surface area (Å²) in [7, 11) is 0. The zero-order valence-electron chi connectivity index (χ0n) is 14.2. The van der Waals surface area contributed by atoms with Crippen LogP contribution in [-0.2, 0) is 9.59 Å². The van der Waals surface area contributed by atoms with Crippen LogP contribution in [-0.4, -0.2) is 25.0 Å². The molecule has 0 aromatic heterocycles. The number of hydrogen-bond acceptors (Lipinski definition) is 3. The minimum Gasteiger partial charge on any atom is -0.482 e. The van der Waals surface area contributed by atoms with Crippen LogP contribution in [0.5, 0.6) is 5.75 Å². The molecular formula is C19H18F2N2O3. The largest absolute Gasteiger partial charge is 0.482 e. The maximum Gasteiger partial charge on any atom is 0.265 e. The Labute approximate surface area is 149 Å². The first-order chi connectivity index (χ1) is 12.5. The lowest BCUT2D eigenvalue weighted by Gasteiger charge is -2.29. The van der Waals surface area contributed by atoms with Gasteiger partial charge in [-0.05, 0) is 36.8 Å². The van der Waals surface area contributed by atoms with E-state index in [0.717, 1.165) is 12.1 Å². The maximum atomic E-state index is 13.3. The molecule has 1 N–H and O–H groups in total. The zero-order valence-corrected chi connectivity index (χ0v) is 14.2. The number of amides is 2. The number of rotatable bonds is 5. The molecule has 2 aromatic rings. The van der Waals surface area contributed by atoms with Gasteiger partial charge in [0, 0.05) is 13.0 Å². The SMILES string of the molecule is CC(NC(=O)CCN1C(=O)COc2ccccc21)c1ccc(F)c(F)c1. The maximum absolute atomic E-state index is 13.3. The van der Waals surface area contributed by atoms with Gasteiger partial charge in [-0.2, -0.15) is 0 Å². The molecule has 1 aliphatic heterocycles. The van der Waals surface area contributed by atoms with Crippen LogP contribution in [0.2, 0.25) is 0 Å². The summed E-state index contributed by atoms with van der Waals surface area (Å²) < 4.78 is 31.7. The van der Waals surface area contributed by atoms with E-state index in [-0.39, 0.29) is 31.4 Å². The van der Waals surface area contributed by atoms with Crippen molar-refractivity contribution >= 4 is 17.5 Å². The molecule has 7 heteroatoms. The van der Waals surface area contributed by atoms with Gasteiger partial charge in [0.25, 0.3) is 5.91 Å². The highest BCUT2D eigenvalue weighted by atomic mass is 19.2. The summed E-state index contributed by atoms with van der Waals surface area (Å²) in [4.78, 5) is 25.8. The van der Waals surface area contributed by atoms with Crippen molar-refractivity contribution in [2.45, 2.75) is 19.4 Å². The Kier molecular flexibility index (Phi) is 5.16. The van der Waals surface area contributed by atoms with Crippen molar-refractivity contribution in [1.29, 1.82) is 0 Å². The summed E-state index contributed by atoms with van der Waals surface area (Å²) in [6.45, 7) is 1.82. The highest BCUT2D eigenvalue weighted by molar-refractivity contribution is 5.98. The molecular weight excluding hydrogens is 342 g/mol. The number of carbonyl (C=O) groups is 2. The Morgan fingerprint density at radius 3 is 2.77 bits per heavy atom. The van der Waals surface area contributed by atoms with Gasteiger partial charge in [-0.15, -0.1) is 0 Å². The van der Waals surface area contributed by atoms with Gasteiger partial charge in [0.2, 0.25) is 5.91 Å². The number of nitrogens with one attached hydrogen (secondary N) is 1. The quantitative estimate of drug-likeness (QED) is 0.892. The Bertz CT molecular complexity index is 841. The van der Waals surface area contributed by atoms with Gasteiger partial charge >= 0.3 is 0 Å². The first-order valence-electron chi connectivity index (χ1n) is 8.22. The molecule has 26 heavy (non-hydrogen) atoms. The normalized spacial score (nSPS) is 14.4. The van der Waals surface area contributed by atoms with E-state index in [9.17, 15) is 18.4 Å². The van der Waals surface area contributed by atoms with Crippen molar-refractivity contribution < 1.29 is 23.1 Å². The summed E-state index contributed by atoms with van der Waals surface area (Å²) in [5.74, 6) is -1.80. The second-order valence-electron chi connectivity index (χ2n) is 6.01. The van der Waals surface area contributed by atoms with E-state index in [4.69, 9.17) is 4.74 Å². The van der Waals surface area contributed by atoms with E-state index in [1.807, 2.05) is 6.07 Å². The van der Waals surface area contributed by atoms with Crippen LogP contribution < -0.4 is 15.0 Å². The predicted molar refractivity (Wildman–Crippen MR) is 91.8 cm³/mol. The van der Waals surface area contributed by atoms with Gasteiger partial charge < -0.3 is 15.0 Å². The van der Waals surface area contributed by atoms with Gasteiger partial charge in [0.1, 0.15) is 5.75 Å². The molecule has 0 saturated carbocycles. The minimum absolute atomic E-state index is 0.0656. The Morgan fingerprint density at radius 2 is 2.00 bits per heavy atom. The fourth-order valence-electron chi connectivity index (χ4n) is 2.79. The van der Waals surface area contributed by atoms with Crippen LogP contribution in [0.4, 0.5) is 14.5 Å². The van der Waals surface area contributed by atoms with Crippen molar-refractivity contribution in [3.05, 3.63) is 59.7 Å². The predicted octanol–water partition coefficient (Wildman–Crippen LogP) is 2.96. The molecule has 0 bridgehead atoms. The highest BCUT2D eigenvalue weighted by Crippen LogP contribution is 2.31. The van der Waals surface area contributed by atoms with Gasteiger partial charge in [-0.3, -0.25) is 9.59 Å². The van der Waals surface area contributed by atoms with Crippen molar-refractivity contribution in [3.63, 3.8) is 0 Å². The molecule has 3 rings (SSSR count). The topological polar surface area (TPSA) is 58.6 Å². The first kappa shape index (κ1) is 17.8. The molecule has 0 spiro atoms. The van der Waals surface area contributed by atoms with Crippen molar-refractivity contribution in [1.82, 2.24) is 5.32 Å². The molecule has 1 aliphatic rings. The Hall–Kier alpha value is -2.96. The van der Waals surface area contributed by atoms with E-state index in [2.05, 4.69) is 5.32 Å². The third-order valence-corrected chi connectivity index (χ3v) is 4.19. The molecule has 0 saturated heterocycles. The van der Waals surface area contributed by atoms with E-state index >= 15 is 0 Å². The van der Waals surface area contributed by atoms with E-state index < -0.39 is 17.7 Å². The van der Waals surface area contributed by atoms with Crippen LogP contribution in [0.3, 0.4) is 0 Å². The zero-order chi connectivity index (χ0) is 18.7. The van der Waals surface area contributed by atoms with Crippen molar-refractivity contribution in [2.24, 2.45) is 0 Å². The van der Waals surface area contributed by atoms with Crippen LogP contribution in [0.1, 0.15) is 24.9 Å². The van der Waals surface area contributed by atoms with Gasteiger partial charge in [-0.25, -0.2) is 8.78 Å². The fourth-order valence-corrected chi connectivity index (χ4v) is 2.79. The van der Waals surface area contributed by atoms with E-state index in [0.29, 0.717) is 17.0 Å². The monoisotopic (exact) mass is 360 g/mol. The summed E-state index contributed by atoms with van der Waals surface area (Å²) >= 11 is 0. The number of nitrogens with zero attached hydrogens (tertiary/aromatic N) is 1. The molecule has 136 valence electrons. The van der Waals surface area contributed by atoms with Crippen molar-refractivity contribution in [3.8, 4) is 5.75 Å². The average Bonchev–Trinajstić information content (AvgIpc) is 2.63. The molecule has 0 fully saturated rings. The number of carbonyl (C=O) groups excluding carboxylic acids is 2. The number of para-hydroxylation sites is 2. The Balaban J connectivity index is 1.60. The lowest BCUT2D eigenvalue weighted by molar-refractivity contribution is -0.122. The molecule has 2 amide bonds. The lowest BCUT2D eigenvalue weighted by atomic mass is 10.1. The number of hydrogen-bond donors (Lipinski definition) is 1. The third-order valence-electron chi connectivity index (χ3n) is 4.19. The number of fused-ring (bicyclic) bond motifs is 1. The second-order valence-corrected chi connectivity index (χ2v) is 6.01. The van der Waals surface area contributed by atoms with Crippen LogP contribution in [0.25, 0.3) is 0 Å². The highest BCUT2D eigenvalue weighted by Gasteiger charge is 2.25. The summed E-state index contributed by atoms with van der Waals surface area (Å²) in [6.07, 6.45) is 0.0775. The van der Waals surface area contributed by atoms with E-state index in [1.54, 1.807) is 25.1 Å². The van der Waals surface area contributed by atoms with Crippen LogP contribution in [0, 0.1) is 11.6 Å². The van der Waals surface area contributed by atoms with Gasteiger partial charge in [-0.1, -0.05) is 18.2 Å². The molecule has 0 aliphatic carbocycles. The van der Waals surface area contributed by atoms with E-state index in [1.165, 1.54) is 11.0 Å². The number of benzene rings is 2. The third kappa shape index (κ3) is 3.82. The average molecular weight is 360 g/mol. The number of anilines is 1. The molecule has 1 atom stereocenters. The van der Waals surface area contributed by atoms with Gasteiger partial charge in [0.05, 0.1) is 11.7 Å². The van der Waals surface area contributed by atoms with Crippen molar-refractivity contribution in [2.75, 3.05) is 18.1 Å². The molecule has 5 nitrogen and oxygen atoms in total. The number of ether oxygens (including phenoxy) is 1. The number of halogens is 2. The van der Waals surface area contributed by atoms with Crippen LogP contribution in [0.15, 0.2) is 42.5 Å². The molecule has 1 heterocycles. The fraction of sp³-hybridized carbons (Fsp3) is 0.263. The minimum atomic E-state index is -0.959. The summed E-state index contributed by atoms with van der Waals surface area (Å²) in [5.41, 5.74) is 1.09. The Morgan fingerprint density at radius 1 is 1.23 bits per heavy atom. The first-order valence-corrected chi connectivity index (χ1v) is 8.22. The molecule has 1 unspecified atom stereocenters. The standard InChI is InChI=1S/C19H18F2N2O3/c1-12(13-6-7-14(20)15(21)10-13)22-18(24)8-9-23-16-4-2-3-5-17(16)26-11-19(23)25/h2-7,10,12H,8-9,11H2,1H3,(H,22,24). The lowest BCUT2D eigenvalue weighted by Crippen LogP contribution is -2.41. The second kappa shape index (κ2) is 7.51. The molecule has 2 aromatic carbocycles. The smallest absolute Gasteiger partial charge is 0.265 e. The van der Waals surface area contributed by atoms with Crippen LogP contribution >= 0.6 is 0 Å². The summed E-state index contributed by atoms with van der Waals surface area (Å²) in [5, 5.41) is 2.72. The molecule has 0 radical (unpaired) electrons. The summed E-state index contributed by atoms with van der Waals surface area (Å²) in [6, 6.07) is 10.1. The van der Waals surface area contributed by atoms with Gasteiger partial charge in [0.15, 0.2) is 18.2 Å².